The molecule has 2 aromatic heterocycles. The van der Waals surface area contributed by atoms with Gasteiger partial charge in [-0.15, -0.1) is 13.2 Å². The topological polar surface area (TPSA) is 101 Å². The van der Waals surface area contributed by atoms with Crippen molar-refractivity contribution in [2.24, 2.45) is 0 Å². The van der Waals surface area contributed by atoms with Crippen molar-refractivity contribution in [2.45, 2.75) is 6.36 Å². The Bertz CT molecular complexity index is 1220. The molecule has 4 rings (SSSR count). The minimum atomic E-state index is -5.04. The van der Waals surface area contributed by atoms with Crippen molar-refractivity contribution >= 4 is 28.1 Å². The molecule has 2 N–H and O–H groups in total. The molecule has 33 heavy (non-hydrogen) atoms. The Morgan fingerprint density at radius 2 is 1.94 bits per heavy atom. The second-order valence-corrected chi connectivity index (χ2v) is 9.75. The third-order valence-electron chi connectivity index (χ3n) is 4.62. The van der Waals surface area contributed by atoms with Gasteiger partial charge < -0.3 is 9.64 Å². The Morgan fingerprint density at radius 1 is 1.18 bits per heavy atom. The number of pyridine rings is 1. The maximum absolute atomic E-state index is 14.1. The van der Waals surface area contributed by atoms with Crippen LogP contribution in [0.4, 0.5) is 17.6 Å². The molecule has 1 aromatic carbocycles. The van der Waals surface area contributed by atoms with E-state index >= 15 is 0 Å². The molecule has 1 aliphatic rings. The number of carbonyl (C=O) groups is 1. The minimum absolute atomic E-state index is 0.0221. The van der Waals surface area contributed by atoms with E-state index in [-0.39, 0.29) is 40.3 Å². The SMILES string of the molecule is O=C(c1cc(-c2cc(F)cc(OC(F)(F)F)c2)n(-c2ccnc(Cl)c2)n1)N1CCS(O)(O)C1. The van der Waals surface area contributed by atoms with Gasteiger partial charge in [0.15, 0.2) is 5.69 Å². The van der Waals surface area contributed by atoms with E-state index in [4.69, 9.17) is 11.6 Å². The highest BCUT2D eigenvalue weighted by Gasteiger charge is 2.33. The third kappa shape index (κ3) is 5.38. The summed E-state index contributed by atoms with van der Waals surface area (Å²) in [6.45, 7) is 0.0913. The highest BCUT2D eigenvalue weighted by molar-refractivity contribution is 8.24. The zero-order valence-corrected chi connectivity index (χ0v) is 18.0. The number of benzene rings is 1. The first kappa shape index (κ1) is 23.3. The normalized spacial score (nSPS) is 16.6. The molecule has 0 bridgehead atoms. The second-order valence-electron chi connectivity index (χ2n) is 7.09. The molecule has 1 fully saturated rings. The molecular weight excluding hydrogens is 492 g/mol. The highest BCUT2D eigenvalue weighted by Crippen LogP contribution is 2.44. The average molecular weight is 507 g/mol. The number of nitrogens with zero attached hydrogens (tertiary/aromatic N) is 4. The summed E-state index contributed by atoms with van der Waals surface area (Å²) in [5.41, 5.74) is 0.173. The van der Waals surface area contributed by atoms with Gasteiger partial charge in [-0.05, 0) is 24.3 Å². The lowest BCUT2D eigenvalue weighted by molar-refractivity contribution is -0.274. The summed E-state index contributed by atoms with van der Waals surface area (Å²) in [4.78, 5) is 18.0. The van der Waals surface area contributed by atoms with Crippen molar-refractivity contribution in [3.05, 3.63) is 59.3 Å². The predicted octanol–water partition coefficient (Wildman–Crippen LogP) is 4.79. The van der Waals surface area contributed by atoms with Crippen LogP contribution in [0.5, 0.6) is 5.75 Å². The van der Waals surface area contributed by atoms with Gasteiger partial charge in [0.25, 0.3) is 5.91 Å². The summed E-state index contributed by atoms with van der Waals surface area (Å²) in [7, 11) is -2.92. The molecule has 0 aliphatic carbocycles. The molecule has 1 saturated heterocycles. The van der Waals surface area contributed by atoms with E-state index in [9.17, 15) is 31.5 Å². The fourth-order valence-electron chi connectivity index (χ4n) is 3.27. The Labute approximate surface area is 190 Å². The highest BCUT2D eigenvalue weighted by atomic mass is 35.5. The average Bonchev–Trinajstić information content (AvgIpc) is 3.29. The van der Waals surface area contributed by atoms with E-state index in [2.05, 4.69) is 14.8 Å². The Hall–Kier alpha value is -2.87. The van der Waals surface area contributed by atoms with Crippen molar-refractivity contribution in [3.8, 4) is 22.7 Å². The minimum Gasteiger partial charge on any atom is -0.406 e. The molecule has 0 atom stereocenters. The number of carbonyl (C=O) groups excluding carboxylic acids is 1. The van der Waals surface area contributed by atoms with Crippen LogP contribution in [-0.2, 0) is 0 Å². The quantitative estimate of drug-likeness (QED) is 0.390. The number of alkyl halides is 3. The third-order valence-corrected chi connectivity index (χ3v) is 6.39. The number of halogens is 5. The lowest BCUT2D eigenvalue weighted by atomic mass is 10.1. The molecule has 1 amide bonds. The maximum atomic E-state index is 14.1. The van der Waals surface area contributed by atoms with E-state index in [0.717, 1.165) is 12.1 Å². The van der Waals surface area contributed by atoms with Gasteiger partial charge in [0, 0.05) is 30.4 Å². The van der Waals surface area contributed by atoms with Crippen molar-refractivity contribution in [1.29, 1.82) is 0 Å². The molecule has 176 valence electrons. The van der Waals surface area contributed by atoms with Crippen molar-refractivity contribution in [3.63, 3.8) is 0 Å². The molecule has 3 heterocycles. The van der Waals surface area contributed by atoms with Crippen LogP contribution in [0.1, 0.15) is 10.5 Å². The largest absolute Gasteiger partial charge is 0.573 e. The number of ether oxygens (including phenoxy) is 1. The number of hydrogen-bond donors (Lipinski definition) is 2. The smallest absolute Gasteiger partial charge is 0.406 e. The van der Waals surface area contributed by atoms with Crippen LogP contribution in [0, 0.1) is 5.82 Å². The maximum Gasteiger partial charge on any atom is 0.573 e. The summed E-state index contributed by atoms with van der Waals surface area (Å²) >= 11 is 5.94. The summed E-state index contributed by atoms with van der Waals surface area (Å²) in [6.07, 6.45) is -3.69. The van der Waals surface area contributed by atoms with Crippen LogP contribution >= 0.6 is 22.2 Å². The zero-order chi connectivity index (χ0) is 24.0. The van der Waals surface area contributed by atoms with Gasteiger partial charge in [-0.2, -0.15) is 15.7 Å². The monoisotopic (exact) mass is 506 g/mol. The lowest BCUT2D eigenvalue weighted by Crippen LogP contribution is -2.29. The van der Waals surface area contributed by atoms with E-state index in [1.54, 1.807) is 0 Å². The number of hydrogen-bond acceptors (Lipinski definition) is 6. The first-order chi connectivity index (χ1) is 15.4. The Morgan fingerprint density at radius 3 is 2.58 bits per heavy atom. The van der Waals surface area contributed by atoms with Crippen molar-refractivity contribution in [2.75, 3.05) is 18.2 Å². The predicted molar refractivity (Wildman–Crippen MR) is 112 cm³/mol. The molecular formula is C19H15ClF4N4O4S. The van der Waals surface area contributed by atoms with E-state index in [1.807, 2.05) is 0 Å². The van der Waals surface area contributed by atoms with E-state index < -0.39 is 34.4 Å². The Balaban J connectivity index is 1.81. The summed E-state index contributed by atoms with van der Waals surface area (Å²) < 4.78 is 76.8. The molecule has 0 radical (unpaired) electrons. The van der Waals surface area contributed by atoms with Crippen molar-refractivity contribution < 1.29 is 36.2 Å². The van der Waals surface area contributed by atoms with Gasteiger partial charge >= 0.3 is 6.36 Å². The molecule has 8 nitrogen and oxygen atoms in total. The van der Waals surface area contributed by atoms with Gasteiger partial charge in [-0.3, -0.25) is 13.9 Å². The fraction of sp³-hybridized carbons (Fsp3) is 0.211. The van der Waals surface area contributed by atoms with Gasteiger partial charge in [0.05, 0.1) is 17.1 Å². The van der Waals surface area contributed by atoms with Crippen LogP contribution in [0.25, 0.3) is 16.9 Å². The Kier molecular flexibility index (Phi) is 5.99. The molecule has 0 spiro atoms. The number of aromatic nitrogens is 3. The lowest BCUT2D eigenvalue weighted by Gasteiger charge is -2.25. The summed E-state index contributed by atoms with van der Waals surface area (Å²) in [6, 6.07) is 6.61. The van der Waals surface area contributed by atoms with E-state index in [0.29, 0.717) is 11.8 Å². The van der Waals surface area contributed by atoms with Crippen LogP contribution in [-0.4, -0.2) is 59.2 Å². The van der Waals surface area contributed by atoms with Crippen LogP contribution in [0.15, 0.2) is 42.6 Å². The molecule has 14 heteroatoms. The van der Waals surface area contributed by atoms with Gasteiger partial charge in [0.2, 0.25) is 0 Å². The fourth-order valence-corrected chi connectivity index (χ4v) is 4.83. The number of amides is 1. The summed E-state index contributed by atoms with van der Waals surface area (Å²) in [5.74, 6) is -2.67. The standard InChI is InChI=1S/C19H15ClF4N4O4S/c20-17-8-13(1-2-25-17)28-16(11-5-12(21)7-14(6-11)32-19(22,23)24)9-15(26-28)18(29)27-3-4-33(30,31)10-27/h1-2,5-9,30-31H,3-4,10H2. The molecule has 3 aromatic rings. The molecule has 1 aliphatic heterocycles. The first-order valence-corrected chi connectivity index (χ1v) is 11.5. The van der Waals surface area contributed by atoms with Gasteiger partial charge in [-0.25, -0.2) is 14.1 Å². The zero-order valence-electron chi connectivity index (χ0n) is 16.5. The van der Waals surface area contributed by atoms with Gasteiger partial charge in [0.1, 0.15) is 22.6 Å². The van der Waals surface area contributed by atoms with Gasteiger partial charge in [-0.1, -0.05) is 11.6 Å². The molecule has 0 saturated carbocycles. The number of rotatable bonds is 4. The van der Waals surface area contributed by atoms with Crippen LogP contribution in [0.2, 0.25) is 5.15 Å². The second kappa shape index (κ2) is 8.48. The van der Waals surface area contributed by atoms with Crippen molar-refractivity contribution in [1.82, 2.24) is 19.7 Å². The van der Waals surface area contributed by atoms with E-state index in [1.165, 1.54) is 34.0 Å². The van der Waals surface area contributed by atoms with Crippen LogP contribution < -0.4 is 4.74 Å². The van der Waals surface area contributed by atoms with Crippen LogP contribution in [0.3, 0.4) is 0 Å². The molecule has 0 unspecified atom stereocenters. The first-order valence-electron chi connectivity index (χ1n) is 9.22. The summed E-state index contributed by atoms with van der Waals surface area (Å²) in [5, 5.41) is 4.30.